The fourth-order valence-corrected chi connectivity index (χ4v) is 2.93. The summed E-state index contributed by atoms with van der Waals surface area (Å²) in [5, 5.41) is 13.1. The Bertz CT molecular complexity index is 515. The van der Waals surface area contributed by atoms with Crippen molar-refractivity contribution in [2.24, 2.45) is 0 Å². The van der Waals surface area contributed by atoms with Gasteiger partial charge in [-0.3, -0.25) is 0 Å². The molecular weight excluding hydrogens is 280 g/mol. The fourth-order valence-electron chi connectivity index (χ4n) is 2.93. The van der Waals surface area contributed by atoms with Crippen LogP contribution in [0.3, 0.4) is 0 Å². The van der Waals surface area contributed by atoms with Crippen LogP contribution >= 0.6 is 0 Å². The molecule has 22 heavy (non-hydrogen) atoms. The van der Waals surface area contributed by atoms with Gasteiger partial charge in [-0.15, -0.1) is 0 Å². The summed E-state index contributed by atoms with van der Waals surface area (Å²) in [6.07, 6.45) is 3.52. The quantitative estimate of drug-likeness (QED) is 0.862. The Balaban J connectivity index is 1.91. The summed E-state index contributed by atoms with van der Waals surface area (Å²) in [5.74, 6) is 1.45. The summed E-state index contributed by atoms with van der Waals surface area (Å²) in [5.41, 5.74) is 2.26. The molecule has 0 saturated carbocycles. The summed E-state index contributed by atoms with van der Waals surface area (Å²) >= 11 is 0. The second kappa shape index (κ2) is 6.79. The number of ether oxygens (including phenoxy) is 1. The van der Waals surface area contributed by atoms with Crippen LogP contribution in [0, 0.1) is 0 Å². The third kappa shape index (κ3) is 3.33. The average Bonchev–Trinajstić information content (AvgIpc) is 2.55. The molecule has 6 nitrogen and oxygen atoms in total. The zero-order valence-corrected chi connectivity index (χ0v) is 13.5. The van der Waals surface area contributed by atoms with Crippen molar-refractivity contribution < 1.29 is 9.84 Å². The molecule has 2 N–H and O–H groups in total. The third-order valence-corrected chi connectivity index (χ3v) is 4.51. The highest BCUT2D eigenvalue weighted by Crippen LogP contribution is 2.30. The third-order valence-electron chi connectivity index (χ3n) is 4.51. The smallest absolute Gasteiger partial charge is 0.228 e. The molecule has 1 aliphatic carbocycles. The van der Waals surface area contributed by atoms with E-state index < -0.39 is 6.10 Å². The van der Waals surface area contributed by atoms with Gasteiger partial charge in [0.1, 0.15) is 6.10 Å². The van der Waals surface area contributed by atoms with Crippen molar-refractivity contribution in [3.8, 4) is 5.88 Å². The van der Waals surface area contributed by atoms with Crippen molar-refractivity contribution in [1.82, 2.24) is 15.3 Å². The van der Waals surface area contributed by atoms with E-state index >= 15 is 0 Å². The molecule has 2 aliphatic rings. The number of nitrogens with zero attached hydrogens (tertiary/aromatic N) is 3. The molecule has 1 aromatic rings. The van der Waals surface area contributed by atoms with E-state index in [9.17, 15) is 5.11 Å². The minimum absolute atomic E-state index is 0.267. The van der Waals surface area contributed by atoms with Crippen molar-refractivity contribution in [3.63, 3.8) is 0 Å². The number of hydrogen-bond acceptors (Lipinski definition) is 6. The van der Waals surface area contributed by atoms with E-state index in [2.05, 4.69) is 15.2 Å². The Labute approximate surface area is 131 Å². The van der Waals surface area contributed by atoms with E-state index in [1.807, 2.05) is 6.92 Å². The molecule has 2 atom stereocenters. The van der Waals surface area contributed by atoms with Crippen LogP contribution in [0.25, 0.3) is 0 Å². The maximum absolute atomic E-state index is 9.72. The molecule has 0 radical (unpaired) electrons. The van der Waals surface area contributed by atoms with Gasteiger partial charge in [-0.05, 0) is 39.5 Å². The fraction of sp³-hybridized carbons (Fsp3) is 0.750. The van der Waals surface area contributed by atoms with Crippen LogP contribution in [-0.4, -0.2) is 53.5 Å². The second-order valence-electron chi connectivity index (χ2n) is 6.26. The van der Waals surface area contributed by atoms with Gasteiger partial charge in [-0.2, -0.15) is 4.98 Å². The van der Waals surface area contributed by atoms with Crippen molar-refractivity contribution >= 4 is 5.95 Å². The highest BCUT2D eigenvalue weighted by Gasteiger charge is 2.24. The first-order valence-electron chi connectivity index (χ1n) is 8.35. The van der Waals surface area contributed by atoms with Crippen LogP contribution in [-0.2, 0) is 12.8 Å². The molecule has 1 saturated heterocycles. The standard InChI is InChI=1S/C16H26N4O2/c1-11(21)12(2)22-15-13-5-3-4-6-14(13)18-16(19-15)20-9-7-17-8-10-20/h11-12,17,21H,3-10H2,1-2H3. The number of anilines is 1. The number of aromatic nitrogens is 2. The van der Waals surface area contributed by atoms with Crippen LogP contribution in [0.1, 0.15) is 37.9 Å². The Morgan fingerprint density at radius 3 is 2.59 bits per heavy atom. The molecule has 0 spiro atoms. The van der Waals surface area contributed by atoms with Gasteiger partial charge in [-0.25, -0.2) is 4.98 Å². The van der Waals surface area contributed by atoms with Crippen LogP contribution in [0.4, 0.5) is 5.95 Å². The zero-order chi connectivity index (χ0) is 15.5. The highest BCUT2D eigenvalue weighted by molar-refractivity contribution is 5.42. The van der Waals surface area contributed by atoms with Gasteiger partial charge in [0.15, 0.2) is 0 Å². The monoisotopic (exact) mass is 306 g/mol. The molecule has 6 heteroatoms. The first-order chi connectivity index (χ1) is 10.6. The summed E-state index contributed by atoms with van der Waals surface area (Å²) < 4.78 is 5.96. The van der Waals surface area contributed by atoms with Gasteiger partial charge in [0.25, 0.3) is 0 Å². The SMILES string of the molecule is CC(O)C(C)Oc1nc(N2CCNCC2)nc2c1CCCC2. The van der Waals surface area contributed by atoms with Crippen molar-refractivity contribution in [2.75, 3.05) is 31.1 Å². The lowest BCUT2D eigenvalue weighted by atomic mass is 9.97. The Morgan fingerprint density at radius 2 is 1.86 bits per heavy atom. The molecule has 0 bridgehead atoms. The molecule has 122 valence electrons. The number of fused-ring (bicyclic) bond motifs is 1. The van der Waals surface area contributed by atoms with Crippen molar-refractivity contribution in [1.29, 1.82) is 0 Å². The summed E-state index contributed by atoms with van der Waals surface area (Å²) in [7, 11) is 0. The topological polar surface area (TPSA) is 70.5 Å². The summed E-state index contributed by atoms with van der Waals surface area (Å²) in [4.78, 5) is 11.7. The minimum atomic E-state index is -0.517. The number of piperazine rings is 1. The Hall–Kier alpha value is -1.40. The lowest BCUT2D eigenvalue weighted by molar-refractivity contribution is 0.0565. The first-order valence-corrected chi connectivity index (χ1v) is 8.35. The van der Waals surface area contributed by atoms with Gasteiger partial charge in [0.05, 0.1) is 11.8 Å². The number of hydrogen-bond donors (Lipinski definition) is 2. The van der Waals surface area contributed by atoms with Gasteiger partial charge in [0, 0.05) is 31.7 Å². The number of aliphatic hydroxyl groups is 1. The van der Waals surface area contributed by atoms with Crippen molar-refractivity contribution in [2.45, 2.75) is 51.7 Å². The molecule has 1 fully saturated rings. The summed E-state index contributed by atoms with van der Waals surface area (Å²) in [6.45, 7) is 7.39. The van der Waals surface area contributed by atoms with E-state index in [-0.39, 0.29) is 6.10 Å². The van der Waals surface area contributed by atoms with E-state index in [4.69, 9.17) is 9.72 Å². The highest BCUT2D eigenvalue weighted by atomic mass is 16.5. The number of nitrogens with one attached hydrogen (secondary N) is 1. The van der Waals surface area contributed by atoms with Crippen LogP contribution in [0.15, 0.2) is 0 Å². The lowest BCUT2D eigenvalue weighted by Gasteiger charge is -2.29. The van der Waals surface area contributed by atoms with Gasteiger partial charge in [0.2, 0.25) is 11.8 Å². The number of rotatable bonds is 4. The lowest BCUT2D eigenvalue weighted by Crippen LogP contribution is -2.44. The molecule has 0 aromatic carbocycles. The predicted octanol–water partition coefficient (Wildman–Crippen LogP) is 0.913. The maximum Gasteiger partial charge on any atom is 0.228 e. The largest absolute Gasteiger partial charge is 0.472 e. The van der Waals surface area contributed by atoms with Gasteiger partial charge >= 0.3 is 0 Å². The zero-order valence-electron chi connectivity index (χ0n) is 13.5. The first kappa shape index (κ1) is 15.5. The normalized spacial score (nSPS) is 21.1. The molecule has 1 aliphatic heterocycles. The van der Waals surface area contributed by atoms with E-state index in [0.717, 1.165) is 62.6 Å². The molecule has 2 heterocycles. The maximum atomic E-state index is 9.72. The predicted molar refractivity (Wildman–Crippen MR) is 85.5 cm³/mol. The van der Waals surface area contributed by atoms with Crippen molar-refractivity contribution in [3.05, 3.63) is 11.3 Å². The number of aryl methyl sites for hydroxylation is 1. The van der Waals surface area contributed by atoms with Gasteiger partial charge in [-0.1, -0.05) is 0 Å². The van der Waals surface area contributed by atoms with Gasteiger partial charge < -0.3 is 20.1 Å². The number of aliphatic hydroxyl groups excluding tert-OH is 1. The average molecular weight is 306 g/mol. The van der Waals surface area contributed by atoms with E-state index in [0.29, 0.717) is 5.88 Å². The van der Waals surface area contributed by atoms with Crippen LogP contribution < -0.4 is 15.0 Å². The van der Waals surface area contributed by atoms with Crippen LogP contribution in [0.2, 0.25) is 0 Å². The van der Waals surface area contributed by atoms with E-state index in [1.54, 1.807) is 6.92 Å². The Kier molecular flexibility index (Phi) is 4.78. The molecule has 1 aromatic heterocycles. The molecule has 3 rings (SSSR count). The van der Waals surface area contributed by atoms with E-state index in [1.165, 1.54) is 6.42 Å². The molecule has 0 amide bonds. The Morgan fingerprint density at radius 1 is 1.14 bits per heavy atom. The summed E-state index contributed by atoms with van der Waals surface area (Å²) in [6, 6.07) is 0. The molecule has 2 unspecified atom stereocenters. The van der Waals surface area contributed by atoms with Crippen LogP contribution in [0.5, 0.6) is 5.88 Å². The molecular formula is C16H26N4O2. The minimum Gasteiger partial charge on any atom is -0.472 e. The second-order valence-corrected chi connectivity index (χ2v) is 6.26.